The second kappa shape index (κ2) is 5.55. The zero-order chi connectivity index (χ0) is 17.7. The predicted octanol–water partition coefficient (Wildman–Crippen LogP) is 1.58. The molecule has 0 spiro atoms. The smallest absolute Gasteiger partial charge is 0.273 e. The fraction of sp³-hybridized carbons (Fsp3) is 0.222. The minimum absolute atomic E-state index is 0.0688. The number of imidazole rings is 1. The van der Waals surface area contributed by atoms with Gasteiger partial charge in [0.05, 0.1) is 23.2 Å². The number of hydrogen-bond acceptors (Lipinski definition) is 4. The molecule has 1 atom stereocenters. The summed E-state index contributed by atoms with van der Waals surface area (Å²) in [5.74, 6) is -0.0688. The first kappa shape index (κ1) is 14.9. The third kappa shape index (κ3) is 2.15. The van der Waals surface area contributed by atoms with E-state index in [0.29, 0.717) is 12.2 Å². The van der Waals surface area contributed by atoms with Crippen molar-refractivity contribution in [2.24, 2.45) is 7.05 Å². The van der Waals surface area contributed by atoms with Crippen LogP contribution < -0.4 is 0 Å². The van der Waals surface area contributed by atoms with Gasteiger partial charge in [-0.15, -0.1) is 0 Å². The third-order valence-electron chi connectivity index (χ3n) is 4.89. The summed E-state index contributed by atoms with van der Waals surface area (Å²) in [5, 5.41) is 8.82. The Kier molecular flexibility index (Phi) is 3.18. The van der Waals surface area contributed by atoms with Gasteiger partial charge in [0.25, 0.3) is 5.91 Å². The number of aromatic nitrogens is 6. The Morgan fingerprint density at radius 2 is 2.23 bits per heavy atom. The van der Waals surface area contributed by atoms with Crippen molar-refractivity contribution in [3.05, 3.63) is 71.8 Å². The highest BCUT2D eigenvalue weighted by Gasteiger charge is 2.36. The molecule has 0 saturated heterocycles. The Balaban J connectivity index is 1.64. The quantitative estimate of drug-likeness (QED) is 0.597. The Labute approximate surface area is 149 Å². The van der Waals surface area contributed by atoms with Gasteiger partial charge < -0.3 is 9.88 Å². The maximum Gasteiger partial charge on any atom is 0.273 e. The predicted molar refractivity (Wildman–Crippen MR) is 93.6 cm³/mol. The highest BCUT2D eigenvalue weighted by atomic mass is 16.2. The molecule has 5 rings (SSSR count). The molecular formula is C18H17N7O. The van der Waals surface area contributed by atoms with Crippen molar-refractivity contribution in [3.63, 3.8) is 0 Å². The summed E-state index contributed by atoms with van der Waals surface area (Å²) in [6.07, 6.45) is 5.96. The average molecular weight is 347 g/mol. The number of fused-ring (bicyclic) bond motifs is 2. The van der Waals surface area contributed by atoms with E-state index in [1.54, 1.807) is 30.3 Å². The van der Waals surface area contributed by atoms with Crippen LogP contribution in [0.5, 0.6) is 0 Å². The van der Waals surface area contributed by atoms with E-state index in [1.807, 2.05) is 39.9 Å². The number of rotatable bonds is 2. The zero-order valence-electron chi connectivity index (χ0n) is 14.2. The standard InChI is InChI=1S/C18H17N7O/c1-23-15(5-7-21-23)18(26)24-9-6-13-16(20-11-19-13)17(24)14-10-12-4-2-3-8-25(12)22-14/h2-5,7-8,10-11,17H,6,9H2,1H3,(H,19,20)/t17-/m1/s1. The lowest BCUT2D eigenvalue weighted by molar-refractivity contribution is 0.0675. The number of hydrogen-bond donors (Lipinski definition) is 1. The van der Waals surface area contributed by atoms with E-state index >= 15 is 0 Å². The second-order valence-electron chi connectivity index (χ2n) is 6.40. The van der Waals surface area contributed by atoms with Crippen molar-refractivity contribution < 1.29 is 4.79 Å². The molecule has 0 saturated carbocycles. The molecule has 0 radical (unpaired) electrons. The molecule has 1 N–H and O–H groups in total. The maximum atomic E-state index is 13.2. The third-order valence-corrected chi connectivity index (χ3v) is 4.89. The number of pyridine rings is 1. The molecule has 0 unspecified atom stereocenters. The summed E-state index contributed by atoms with van der Waals surface area (Å²) in [5.41, 5.74) is 4.26. The van der Waals surface area contributed by atoms with Crippen LogP contribution in [0.25, 0.3) is 5.52 Å². The van der Waals surface area contributed by atoms with Crippen molar-refractivity contribution in [3.8, 4) is 0 Å². The summed E-state index contributed by atoms with van der Waals surface area (Å²) in [6.45, 7) is 0.595. The molecule has 5 heterocycles. The van der Waals surface area contributed by atoms with Gasteiger partial charge in [0.1, 0.15) is 11.7 Å². The maximum absolute atomic E-state index is 13.2. The fourth-order valence-electron chi connectivity index (χ4n) is 3.62. The summed E-state index contributed by atoms with van der Waals surface area (Å²) in [7, 11) is 1.77. The van der Waals surface area contributed by atoms with Gasteiger partial charge in [-0.25, -0.2) is 9.50 Å². The van der Waals surface area contributed by atoms with Gasteiger partial charge >= 0.3 is 0 Å². The van der Waals surface area contributed by atoms with Crippen LogP contribution in [0.1, 0.15) is 33.6 Å². The first-order chi connectivity index (χ1) is 12.7. The van der Waals surface area contributed by atoms with E-state index in [1.165, 1.54) is 0 Å². The van der Waals surface area contributed by atoms with Crippen LogP contribution in [0.3, 0.4) is 0 Å². The number of H-pyrrole nitrogens is 1. The molecule has 0 fully saturated rings. The number of carbonyl (C=O) groups excluding carboxylic acids is 1. The molecule has 0 bridgehead atoms. The monoisotopic (exact) mass is 347 g/mol. The van der Waals surface area contributed by atoms with Crippen molar-refractivity contribution >= 4 is 11.4 Å². The molecule has 1 aliphatic rings. The summed E-state index contributed by atoms with van der Waals surface area (Å²) in [6, 6.07) is 9.33. The fourth-order valence-corrected chi connectivity index (χ4v) is 3.62. The van der Waals surface area contributed by atoms with Crippen molar-refractivity contribution in [2.45, 2.75) is 12.5 Å². The largest absolute Gasteiger partial charge is 0.348 e. The number of aryl methyl sites for hydroxylation is 1. The first-order valence-corrected chi connectivity index (χ1v) is 8.48. The molecule has 130 valence electrons. The molecule has 8 nitrogen and oxygen atoms in total. The number of aromatic amines is 1. The molecule has 26 heavy (non-hydrogen) atoms. The normalized spacial score (nSPS) is 16.8. The first-order valence-electron chi connectivity index (χ1n) is 8.48. The van der Waals surface area contributed by atoms with Crippen LogP contribution in [-0.2, 0) is 13.5 Å². The van der Waals surface area contributed by atoms with Gasteiger partial charge in [0, 0.05) is 38.1 Å². The van der Waals surface area contributed by atoms with Crippen molar-refractivity contribution in [1.82, 2.24) is 34.3 Å². The Morgan fingerprint density at radius 1 is 1.31 bits per heavy atom. The SMILES string of the molecule is Cn1nccc1C(=O)N1CCc2[nH]cnc2[C@H]1c1cc2ccccn2n1. The van der Waals surface area contributed by atoms with Gasteiger partial charge in [-0.2, -0.15) is 10.2 Å². The molecule has 1 aliphatic heterocycles. The van der Waals surface area contributed by atoms with Crippen LogP contribution in [0.2, 0.25) is 0 Å². The highest BCUT2D eigenvalue weighted by molar-refractivity contribution is 5.93. The molecule has 0 aromatic carbocycles. The van der Waals surface area contributed by atoms with Crippen LogP contribution in [-0.4, -0.2) is 46.7 Å². The Morgan fingerprint density at radius 3 is 3.04 bits per heavy atom. The van der Waals surface area contributed by atoms with Gasteiger partial charge in [0.15, 0.2) is 0 Å². The van der Waals surface area contributed by atoms with Crippen LogP contribution in [0.4, 0.5) is 0 Å². The van der Waals surface area contributed by atoms with E-state index in [2.05, 4.69) is 15.1 Å². The molecule has 1 amide bonds. The van der Waals surface area contributed by atoms with Crippen LogP contribution in [0.15, 0.2) is 49.1 Å². The molecule has 4 aromatic heterocycles. The van der Waals surface area contributed by atoms with Crippen molar-refractivity contribution in [2.75, 3.05) is 6.54 Å². The molecular weight excluding hydrogens is 330 g/mol. The second-order valence-corrected chi connectivity index (χ2v) is 6.40. The zero-order valence-corrected chi connectivity index (χ0v) is 14.2. The van der Waals surface area contributed by atoms with Gasteiger partial charge in [-0.1, -0.05) is 6.07 Å². The van der Waals surface area contributed by atoms with E-state index < -0.39 is 0 Å². The van der Waals surface area contributed by atoms with Crippen molar-refractivity contribution in [1.29, 1.82) is 0 Å². The van der Waals surface area contributed by atoms with Gasteiger partial charge in [0.2, 0.25) is 0 Å². The number of nitrogens with one attached hydrogen (secondary N) is 1. The van der Waals surface area contributed by atoms with E-state index in [-0.39, 0.29) is 11.9 Å². The molecule has 0 aliphatic carbocycles. The highest BCUT2D eigenvalue weighted by Crippen LogP contribution is 2.34. The Bertz CT molecular complexity index is 1070. The van der Waals surface area contributed by atoms with Gasteiger partial charge in [-0.3, -0.25) is 9.48 Å². The lowest BCUT2D eigenvalue weighted by atomic mass is 9.99. The minimum atomic E-state index is -0.327. The molecule has 8 heteroatoms. The number of amides is 1. The lowest BCUT2D eigenvalue weighted by Gasteiger charge is -2.33. The van der Waals surface area contributed by atoms with Crippen LogP contribution >= 0.6 is 0 Å². The van der Waals surface area contributed by atoms with Gasteiger partial charge in [-0.05, 0) is 24.3 Å². The minimum Gasteiger partial charge on any atom is -0.348 e. The average Bonchev–Trinajstić information content (AvgIpc) is 3.38. The summed E-state index contributed by atoms with van der Waals surface area (Å²) < 4.78 is 3.42. The van der Waals surface area contributed by atoms with E-state index in [4.69, 9.17) is 5.10 Å². The topological polar surface area (TPSA) is 84.1 Å². The lowest BCUT2D eigenvalue weighted by Crippen LogP contribution is -2.41. The van der Waals surface area contributed by atoms with E-state index in [0.717, 1.165) is 29.0 Å². The van der Waals surface area contributed by atoms with E-state index in [9.17, 15) is 4.79 Å². The number of carbonyl (C=O) groups is 1. The number of nitrogens with zero attached hydrogens (tertiary/aromatic N) is 6. The summed E-state index contributed by atoms with van der Waals surface area (Å²) in [4.78, 5) is 22.7. The Hall–Kier alpha value is -3.42. The summed E-state index contributed by atoms with van der Waals surface area (Å²) >= 11 is 0. The molecule has 4 aromatic rings. The van der Waals surface area contributed by atoms with Crippen LogP contribution in [0, 0.1) is 0 Å².